The summed E-state index contributed by atoms with van der Waals surface area (Å²) >= 11 is 0. The fraction of sp³-hybridized carbons (Fsp3) is 0.591. The number of benzene rings is 1. The lowest BCUT2D eigenvalue weighted by molar-refractivity contribution is -0.0179. The lowest BCUT2D eigenvalue weighted by Crippen LogP contribution is -2.42. The molecule has 1 fully saturated rings. The van der Waals surface area contributed by atoms with Crippen LogP contribution in [0.5, 0.6) is 11.5 Å². The van der Waals surface area contributed by atoms with Crippen LogP contribution in [-0.4, -0.2) is 62.7 Å². The molecule has 1 unspecified atom stereocenters. The Balaban J connectivity index is 1.72. The molecule has 0 aromatic heterocycles. The van der Waals surface area contributed by atoms with Crippen LogP contribution in [0.4, 0.5) is 4.79 Å². The van der Waals surface area contributed by atoms with Gasteiger partial charge in [-0.05, 0) is 64.1 Å². The van der Waals surface area contributed by atoms with Gasteiger partial charge >= 0.3 is 14.0 Å². The highest BCUT2D eigenvalue weighted by Crippen LogP contribution is 2.53. The molecule has 1 aliphatic heterocycles. The van der Waals surface area contributed by atoms with Crippen LogP contribution in [0, 0.1) is 0 Å². The summed E-state index contributed by atoms with van der Waals surface area (Å²) in [7, 11) is 0.735. The molecule has 1 aromatic rings. The first-order valence-corrected chi connectivity index (χ1v) is 12.2. The van der Waals surface area contributed by atoms with Crippen LogP contribution in [0.25, 0.3) is 0 Å². The van der Waals surface area contributed by atoms with Crippen LogP contribution in [-0.2, 0) is 28.5 Å². The number of hydrogen-bond acceptors (Lipinski definition) is 9. The van der Waals surface area contributed by atoms with Crippen molar-refractivity contribution in [1.82, 2.24) is 4.90 Å². The average molecular weight is 485 g/mol. The largest absolute Gasteiger partial charge is 0.530 e. The highest BCUT2D eigenvalue weighted by atomic mass is 31.2. The van der Waals surface area contributed by atoms with Crippen LogP contribution in [0.15, 0.2) is 30.0 Å². The van der Waals surface area contributed by atoms with Crippen molar-refractivity contribution in [3.05, 3.63) is 35.6 Å². The van der Waals surface area contributed by atoms with Gasteiger partial charge in [0.15, 0.2) is 11.5 Å². The molecule has 1 saturated heterocycles. The number of ether oxygens (including phenoxy) is 4. The van der Waals surface area contributed by atoms with E-state index in [9.17, 15) is 14.3 Å². The Labute approximate surface area is 194 Å². The molecule has 0 radical (unpaired) electrons. The van der Waals surface area contributed by atoms with Gasteiger partial charge in [0.2, 0.25) is 6.79 Å². The predicted octanol–water partition coefficient (Wildman–Crippen LogP) is 3.98. The number of methoxy groups -OCH3 is 2. The lowest BCUT2D eigenvalue weighted by atomic mass is 9.68. The summed E-state index contributed by atoms with van der Waals surface area (Å²) in [5, 5.41) is 0. The molecule has 33 heavy (non-hydrogen) atoms. The zero-order valence-electron chi connectivity index (χ0n) is 19.6. The first kappa shape index (κ1) is 25.4. The average Bonchev–Trinajstić information content (AvgIpc) is 3.09. The van der Waals surface area contributed by atoms with Gasteiger partial charge in [0.25, 0.3) is 0 Å². The van der Waals surface area contributed by atoms with Crippen LogP contribution in [0.1, 0.15) is 38.7 Å². The van der Waals surface area contributed by atoms with Gasteiger partial charge in [-0.15, -0.1) is 0 Å². The minimum atomic E-state index is -4.48. The second-order valence-corrected chi connectivity index (χ2v) is 9.78. The van der Waals surface area contributed by atoms with E-state index in [1.165, 1.54) is 0 Å². The number of phosphoric ester groups is 1. The lowest BCUT2D eigenvalue weighted by Gasteiger charge is -2.40. The third kappa shape index (κ3) is 5.81. The molecule has 0 saturated carbocycles. The Hall–Kier alpha value is -2.26. The molecule has 10 nitrogen and oxygen atoms in total. The fourth-order valence-corrected chi connectivity index (χ4v) is 5.16. The summed E-state index contributed by atoms with van der Waals surface area (Å²) in [6, 6.07) is 5.89. The number of carbonyl (C=O) groups is 1. The zero-order valence-corrected chi connectivity index (χ0v) is 20.5. The summed E-state index contributed by atoms with van der Waals surface area (Å²) in [5.41, 5.74) is 0.927. The van der Waals surface area contributed by atoms with E-state index in [1.807, 2.05) is 31.3 Å². The molecular formula is C22H32NO9P. The number of nitrogens with zero attached hydrogens (tertiary/aromatic N) is 1. The van der Waals surface area contributed by atoms with E-state index < -0.39 is 20.8 Å². The van der Waals surface area contributed by atoms with E-state index in [-0.39, 0.29) is 17.6 Å². The van der Waals surface area contributed by atoms with E-state index in [2.05, 4.69) is 9.64 Å². The van der Waals surface area contributed by atoms with E-state index in [0.29, 0.717) is 30.1 Å². The van der Waals surface area contributed by atoms with Crippen molar-refractivity contribution in [2.24, 2.45) is 0 Å². The van der Waals surface area contributed by atoms with Gasteiger partial charge < -0.3 is 23.5 Å². The van der Waals surface area contributed by atoms with Gasteiger partial charge in [-0.3, -0.25) is 9.79 Å². The number of allylic oxidation sites excluding steroid dienone is 1. The number of carbonyl (C=O) groups excluding carboxylic acids is 1. The number of rotatable bonds is 9. The maximum Gasteiger partial charge on any atom is 0.530 e. The van der Waals surface area contributed by atoms with Crippen LogP contribution in [0.3, 0.4) is 0 Å². The Morgan fingerprint density at radius 3 is 2.64 bits per heavy atom. The molecule has 0 amide bonds. The second kappa shape index (κ2) is 10.3. The van der Waals surface area contributed by atoms with Crippen molar-refractivity contribution >= 4 is 14.0 Å². The van der Waals surface area contributed by atoms with Gasteiger partial charge in [-0.1, -0.05) is 6.07 Å². The monoisotopic (exact) mass is 485 g/mol. The number of fused-ring (bicyclic) bond motifs is 1. The van der Waals surface area contributed by atoms with Crippen molar-refractivity contribution in [3.8, 4) is 11.5 Å². The van der Waals surface area contributed by atoms with Crippen molar-refractivity contribution in [3.63, 3.8) is 0 Å². The Bertz CT molecular complexity index is 934. The minimum Gasteiger partial charge on any atom is -0.493 e. The molecule has 1 aliphatic carbocycles. The molecule has 2 aliphatic rings. The summed E-state index contributed by atoms with van der Waals surface area (Å²) < 4.78 is 42.7. The molecule has 0 spiro atoms. The van der Waals surface area contributed by atoms with Crippen LogP contribution >= 0.6 is 7.82 Å². The van der Waals surface area contributed by atoms with Gasteiger partial charge in [0, 0.05) is 17.9 Å². The minimum absolute atomic E-state index is 0.0448. The molecule has 1 aromatic carbocycles. The Kier molecular flexibility index (Phi) is 7.95. The number of phosphoric acid groups is 1. The van der Waals surface area contributed by atoms with Crippen molar-refractivity contribution in [1.29, 1.82) is 0 Å². The number of likely N-dealkylation sites (N-methyl/N-ethyl adjacent to an activating group) is 1. The van der Waals surface area contributed by atoms with Crippen molar-refractivity contribution in [2.75, 3.05) is 34.6 Å². The zero-order chi connectivity index (χ0) is 24.2. The molecule has 184 valence electrons. The predicted molar refractivity (Wildman–Crippen MR) is 119 cm³/mol. The number of likely N-dealkylation sites (tertiary alicyclic amines) is 1. The maximum atomic E-state index is 12.4. The standard InChI is InChI=1S/C22H32NO9P/c1-15(2)31-21(24)29-14-30-33(25,26)32-17-8-9-22(10-11-23(3)20(22)13-17)16-6-7-18(27-4)19(12-16)28-5/h6-7,12-13,15,20H,8-11,14H2,1-5H3,(H,25,26)/t20-,22-/m0/s1. The van der Waals surface area contributed by atoms with Gasteiger partial charge in [0.1, 0.15) is 5.76 Å². The molecule has 0 bridgehead atoms. The summed E-state index contributed by atoms with van der Waals surface area (Å²) in [4.78, 5) is 23.6. The number of hydrogen-bond donors (Lipinski definition) is 1. The Morgan fingerprint density at radius 2 is 1.97 bits per heavy atom. The van der Waals surface area contributed by atoms with Gasteiger partial charge in [0.05, 0.1) is 20.3 Å². The molecule has 3 rings (SSSR count). The van der Waals surface area contributed by atoms with Crippen molar-refractivity contribution < 1.29 is 42.2 Å². The molecule has 3 atom stereocenters. The summed E-state index contributed by atoms with van der Waals surface area (Å²) in [5.74, 6) is 1.68. The van der Waals surface area contributed by atoms with E-state index in [1.54, 1.807) is 28.1 Å². The van der Waals surface area contributed by atoms with Gasteiger partial charge in [-0.25, -0.2) is 13.9 Å². The maximum absolute atomic E-state index is 12.4. The SMILES string of the molecule is COc1ccc([C@@]23CCC(OP(=O)(O)OCOC(=O)OC(C)C)=C[C@@H]2N(C)CC3)cc1OC. The third-order valence-electron chi connectivity index (χ3n) is 6.03. The first-order valence-electron chi connectivity index (χ1n) is 10.7. The van der Waals surface area contributed by atoms with Crippen molar-refractivity contribution in [2.45, 2.75) is 50.7 Å². The highest BCUT2D eigenvalue weighted by molar-refractivity contribution is 7.47. The highest BCUT2D eigenvalue weighted by Gasteiger charge is 2.49. The van der Waals surface area contributed by atoms with E-state index in [0.717, 1.165) is 18.5 Å². The third-order valence-corrected chi connectivity index (χ3v) is 6.93. The molecular weight excluding hydrogens is 453 g/mol. The Morgan fingerprint density at radius 1 is 1.24 bits per heavy atom. The quantitative estimate of drug-likeness (QED) is 0.313. The molecule has 1 N–H and O–H groups in total. The normalized spacial score (nSPS) is 24.5. The topological polar surface area (TPSA) is 113 Å². The second-order valence-electron chi connectivity index (χ2n) is 8.40. The molecule has 11 heteroatoms. The van der Waals surface area contributed by atoms with Crippen LogP contribution < -0.4 is 9.47 Å². The van der Waals surface area contributed by atoms with Gasteiger partial charge in [-0.2, -0.15) is 0 Å². The first-order chi connectivity index (χ1) is 15.6. The summed E-state index contributed by atoms with van der Waals surface area (Å²) in [6.07, 6.45) is 2.58. The van der Waals surface area contributed by atoms with Crippen LogP contribution in [0.2, 0.25) is 0 Å². The van der Waals surface area contributed by atoms with E-state index >= 15 is 0 Å². The fourth-order valence-electron chi connectivity index (χ4n) is 4.47. The smallest absolute Gasteiger partial charge is 0.493 e. The summed E-state index contributed by atoms with van der Waals surface area (Å²) in [6.45, 7) is 3.41. The molecule has 1 heterocycles. The van der Waals surface area contributed by atoms with E-state index in [4.69, 9.17) is 23.3 Å².